The van der Waals surface area contributed by atoms with Crippen LogP contribution in [0.1, 0.15) is 47.4 Å². The van der Waals surface area contributed by atoms with Gasteiger partial charge in [0.15, 0.2) is 0 Å². The van der Waals surface area contributed by atoms with Gasteiger partial charge in [-0.3, -0.25) is 14.5 Å². The maximum Gasteiger partial charge on any atom is 0.272 e. The van der Waals surface area contributed by atoms with Crippen molar-refractivity contribution in [1.82, 2.24) is 19.8 Å². The van der Waals surface area contributed by atoms with E-state index in [2.05, 4.69) is 27.3 Å². The quantitative estimate of drug-likeness (QED) is 0.685. The molecule has 2 heterocycles. The number of carbonyl (C=O) groups is 1. The zero-order valence-electron chi connectivity index (χ0n) is 17.6. The molecule has 2 aromatic carbocycles. The van der Waals surface area contributed by atoms with Crippen LogP contribution >= 0.6 is 0 Å². The number of amides is 1. The predicted molar refractivity (Wildman–Crippen MR) is 119 cm³/mol. The summed E-state index contributed by atoms with van der Waals surface area (Å²) in [7, 11) is 0. The summed E-state index contributed by atoms with van der Waals surface area (Å²) in [6.45, 7) is 6.89. The average Bonchev–Trinajstić information content (AvgIpc) is 3.30. The summed E-state index contributed by atoms with van der Waals surface area (Å²) in [6, 6.07) is 15.9. The van der Waals surface area contributed by atoms with E-state index in [0.717, 1.165) is 18.6 Å². The van der Waals surface area contributed by atoms with Crippen molar-refractivity contribution in [2.24, 2.45) is 0 Å². The second-order valence-corrected chi connectivity index (χ2v) is 7.83. The van der Waals surface area contributed by atoms with Crippen LogP contribution in [0.25, 0.3) is 11.0 Å². The highest BCUT2D eigenvalue weighted by molar-refractivity contribution is 5.97. The number of nitrogens with zero attached hydrogens (tertiary/aromatic N) is 3. The number of rotatable bonds is 6. The molecule has 1 atom stereocenters. The van der Waals surface area contributed by atoms with E-state index in [1.54, 1.807) is 23.6 Å². The number of carbonyl (C=O) groups excluding carboxylic acids is 1. The van der Waals surface area contributed by atoms with E-state index in [1.807, 2.05) is 31.2 Å². The molecule has 1 unspecified atom stereocenters. The van der Waals surface area contributed by atoms with Gasteiger partial charge in [0, 0.05) is 18.7 Å². The first kappa shape index (κ1) is 20.3. The molecule has 1 saturated heterocycles. The van der Waals surface area contributed by atoms with Gasteiger partial charge in [0.05, 0.1) is 17.1 Å². The first-order chi connectivity index (χ1) is 14.6. The summed E-state index contributed by atoms with van der Waals surface area (Å²) in [5, 5.41) is 3.12. The third-order valence-electron chi connectivity index (χ3n) is 5.91. The van der Waals surface area contributed by atoms with Gasteiger partial charge in [-0.25, -0.2) is 4.98 Å². The van der Waals surface area contributed by atoms with Crippen LogP contribution in [0.5, 0.6) is 0 Å². The Balaban J connectivity index is 1.56. The van der Waals surface area contributed by atoms with Crippen molar-refractivity contribution in [3.05, 3.63) is 75.7 Å². The number of aryl methyl sites for hydroxylation is 2. The lowest BCUT2D eigenvalue weighted by molar-refractivity contribution is 0.0938. The van der Waals surface area contributed by atoms with Crippen molar-refractivity contribution in [3.8, 4) is 0 Å². The van der Waals surface area contributed by atoms with Crippen molar-refractivity contribution in [2.45, 2.75) is 39.3 Å². The molecule has 1 aromatic heterocycles. The number of fused-ring (bicyclic) bond motifs is 1. The first-order valence-electron chi connectivity index (χ1n) is 10.7. The van der Waals surface area contributed by atoms with Crippen molar-refractivity contribution in [2.75, 3.05) is 19.6 Å². The van der Waals surface area contributed by atoms with E-state index in [-0.39, 0.29) is 17.5 Å². The van der Waals surface area contributed by atoms with Gasteiger partial charge in [-0.1, -0.05) is 30.3 Å². The minimum absolute atomic E-state index is 0.0847. The number of hydrogen-bond acceptors (Lipinski definition) is 4. The minimum Gasteiger partial charge on any atom is -0.350 e. The molecule has 4 rings (SSSR count). The molecule has 0 aliphatic carbocycles. The fraction of sp³-hybridized carbons (Fsp3) is 0.375. The van der Waals surface area contributed by atoms with Crippen LogP contribution in [0.4, 0.5) is 0 Å². The monoisotopic (exact) mass is 404 g/mol. The molecular formula is C24H28N4O2. The molecule has 156 valence electrons. The number of nitrogens with one attached hydrogen (secondary N) is 1. The summed E-state index contributed by atoms with van der Waals surface area (Å²) in [5.74, 6) is -0.120. The fourth-order valence-corrected chi connectivity index (χ4v) is 4.31. The maximum absolute atomic E-state index is 12.9. The molecule has 0 radical (unpaired) electrons. The zero-order valence-corrected chi connectivity index (χ0v) is 17.6. The molecule has 6 nitrogen and oxygen atoms in total. The van der Waals surface area contributed by atoms with Gasteiger partial charge in [-0.05, 0) is 63.5 Å². The van der Waals surface area contributed by atoms with Gasteiger partial charge in [0.2, 0.25) is 0 Å². The Kier molecular flexibility index (Phi) is 5.95. The first-order valence-corrected chi connectivity index (χ1v) is 10.7. The molecule has 1 aliphatic rings. The van der Waals surface area contributed by atoms with Gasteiger partial charge >= 0.3 is 0 Å². The lowest BCUT2D eigenvalue weighted by Gasteiger charge is -2.28. The molecule has 6 heteroatoms. The van der Waals surface area contributed by atoms with Gasteiger partial charge in [0.25, 0.3) is 11.5 Å². The molecule has 1 fully saturated rings. The van der Waals surface area contributed by atoms with Crippen molar-refractivity contribution in [3.63, 3.8) is 0 Å². The molecule has 0 saturated carbocycles. The van der Waals surface area contributed by atoms with Crippen LogP contribution in [-0.4, -0.2) is 40.0 Å². The van der Waals surface area contributed by atoms with E-state index < -0.39 is 0 Å². The summed E-state index contributed by atoms with van der Waals surface area (Å²) >= 11 is 0. The summed E-state index contributed by atoms with van der Waals surface area (Å²) in [6.07, 6.45) is 2.40. The second-order valence-electron chi connectivity index (χ2n) is 7.83. The van der Waals surface area contributed by atoms with Crippen molar-refractivity contribution in [1.29, 1.82) is 0 Å². The Bertz CT molecular complexity index is 1100. The number of hydrogen-bond donors (Lipinski definition) is 1. The van der Waals surface area contributed by atoms with E-state index in [1.165, 1.54) is 18.4 Å². The van der Waals surface area contributed by atoms with E-state index in [4.69, 9.17) is 0 Å². The van der Waals surface area contributed by atoms with Crippen LogP contribution < -0.4 is 10.9 Å². The van der Waals surface area contributed by atoms with E-state index in [0.29, 0.717) is 29.9 Å². The molecule has 1 aliphatic heterocycles. The minimum atomic E-state index is -0.120. The van der Waals surface area contributed by atoms with E-state index >= 15 is 0 Å². The smallest absolute Gasteiger partial charge is 0.272 e. The highest BCUT2D eigenvalue weighted by Crippen LogP contribution is 2.24. The van der Waals surface area contributed by atoms with Gasteiger partial charge < -0.3 is 9.88 Å². The Morgan fingerprint density at radius 2 is 1.87 bits per heavy atom. The van der Waals surface area contributed by atoms with Crippen LogP contribution in [0.15, 0.2) is 53.3 Å². The summed E-state index contributed by atoms with van der Waals surface area (Å²) in [5.41, 5.74) is 3.56. The number of aromatic nitrogens is 2. The molecule has 30 heavy (non-hydrogen) atoms. The molecule has 3 aromatic rings. The maximum atomic E-state index is 12.9. The van der Waals surface area contributed by atoms with Crippen molar-refractivity contribution >= 4 is 16.9 Å². The van der Waals surface area contributed by atoms with Crippen LogP contribution in [0.3, 0.4) is 0 Å². The second kappa shape index (κ2) is 8.79. The molecule has 1 amide bonds. The van der Waals surface area contributed by atoms with Crippen LogP contribution in [0, 0.1) is 6.92 Å². The summed E-state index contributed by atoms with van der Waals surface area (Å²) in [4.78, 5) is 32.1. The molecule has 0 spiro atoms. The van der Waals surface area contributed by atoms with Gasteiger partial charge in [-0.2, -0.15) is 0 Å². The predicted octanol–water partition coefficient (Wildman–Crippen LogP) is 3.29. The Morgan fingerprint density at radius 1 is 1.13 bits per heavy atom. The zero-order chi connectivity index (χ0) is 21.1. The standard InChI is InChI=1S/C24H28N4O2/c1-3-28-21-12-11-19(15-20(21)26-17(2)24(28)30)23(29)25-16-22(27-13-7-8-14-27)18-9-5-4-6-10-18/h4-6,9-12,15,22H,3,7-8,13-14,16H2,1-2H3,(H,25,29). The summed E-state index contributed by atoms with van der Waals surface area (Å²) < 4.78 is 1.69. The Labute approximate surface area is 176 Å². The third-order valence-corrected chi connectivity index (χ3v) is 5.91. The number of benzene rings is 2. The normalized spacial score (nSPS) is 15.4. The highest BCUT2D eigenvalue weighted by atomic mass is 16.1. The topological polar surface area (TPSA) is 67.2 Å². The van der Waals surface area contributed by atoms with Crippen LogP contribution in [0.2, 0.25) is 0 Å². The molecule has 1 N–H and O–H groups in total. The SMILES string of the molecule is CCn1c(=O)c(C)nc2cc(C(=O)NCC(c3ccccc3)N3CCCC3)ccc21. The molecule has 0 bridgehead atoms. The van der Waals surface area contributed by atoms with Crippen LogP contribution in [-0.2, 0) is 6.54 Å². The van der Waals surface area contributed by atoms with E-state index in [9.17, 15) is 9.59 Å². The highest BCUT2D eigenvalue weighted by Gasteiger charge is 2.24. The lowest BCUT2D eigenvalue weighted by Crippen LogP contribution is -2.36. The van der Waals surface area contributed by atoms with Gasteiger partial charge in [-0.15, -0.1) is 0 Å². The third kappa shape index (κ3) is 4.00. The largest absolute Gasteiger partial charge is 0.350 e. The fourth-order valence-electron chi connectivity index (χ4n) is 4.31. The Morgan fingerprint density at radius 3 is 2.57 bits per heavy atom. The Hall–Kier alpha value is -2.99. The average molecular weight is 405 g/mol. The number of likely N-dealkylation sites (tertiary alicyclic amines) is 1. The lowest BCUT2D eigenvalue weighted by atomic mass is 10.1. The molecular weight excluding hydrogens is 376 g/mol. The van der Waals surface area contributed by atoms with Gasteiger partial charge in [0.1, 0.15) is 5.69 Å². The van der Waals surface area contributed by atoms with Crippen molar-refractivity contribution < 1.29 is 4.79 Å².